The van der Waals surface area contributed by atoms with Gasteiger partial charge in [-0.25, -0.2) is 0 Å². The van der Waals surface area contributed by atoms with Crippen LogP contribution in [0.4, 0.5) is 0 Å². The van der Waals surface area contributed by atoms with Crippen molar-refractivity contribution in [2.75, 3.05) is 6.54 Å². The fourth-order valence-electron chi connectivity index (χ4n) is 3.02. The van der Waals surface area contributed by atoms with Crippen LogP contribution in [0.25, 0.3) is 0 Å². The molecule has 0 spiro atoms. The first kappa shape index (κ1) is 14.0. The third-order valence-electron chi connectivity index (χ3n) is 4.43. The molecule has 1 unspecified atom stereocenters. The maximum absolute atomic E-state index is 12.7. The number of ketones is 1. The lowest BCUT2D eigenvalue weighted by molar-refractivity contribution is -0.119. The van der Waals surface area contributed by atoms with Crippen LogP contribution >= 0.6 is 0 Å². The topological polar surface area (TPSA) is 29.1 Å². The quantitative estimate of drug-likeness (QED) is 0.934. The van der Waals surface area contributed by atoms with Gasteiger partial charge < -0.3 is 5.32 Å². The number of rotatable bonds is 3. The Labute approximate surface area is 126 Å². The highest BCUT2D eigenvalue weighted by Crippen LogP contribution is 2.26. The number of Topliss-reactive ketones (excluding diaryl/α,β-unsaturated/α-hetero) is 1. The van der Waals surface area contributed by atoms with Crippen molar-refractivity contribution in [3.63, 3.8) is 0 Å². The SMILES string of the molecule is Cc1ccc(CC(=O)C2CNCc3ccccc32)cc1C. The monoisotopic (exact) mass is 279 g/mol. The highest BCUT2D eigenvalue weighted by Gasteiger charge is 2.25. The van der Waals surface area contributed by atoms with E-state index in [1.165, 1.54) is 22.3 Å². The van der Waals surface area contributed by atoms with Crippen LogP contribution in [0.2, 0.25) is 0 Å². The average Bonchev–Trinajstić information content (AvgIpc) is 2.50. The molecule has 1 heterocycles. The maximum Gasteiger partial charge on any atom is 0.145 e. The molecule has 2 heteroatoms. The van der Waals surface area contributed by atoms with Crippen LogP contribution in [0.1, 0.15) is 33.7 Å². The fourth-order valence-corrected chi connectivity index (χ4v) is 3.02. The molecule has 0 aromatic heterocycles. The smallest absolute Gasteiger partial charge is 0.145 e. The molecule has 108 valence electrons. The molecule has 2 aromatic rings. The van der Waals surface area contributed by atoms with E-state index in [4.69, 9.17) is 0 Å². The summed E-state index contributed by atoms with van der Waals surface area (Å²) < 4.78 is 0. The summed E-state index contributed by atoms with van der Waals surface area (Å²) in [5.41, 5.74) is 6.09. The third-order valence-corrected chi connectivity index (χ3v) is 4.43. The number of benzene rings is 2. The van der Waals surface area contributed by atoms with E-state index >= 15 is 0 Å². The van der Waals surface area contributed by atoms with Crippen molar-refractivity contribution in [1.29, 1.82) is 0 Å². The minimum atomic E-state index is -0.0171. The van der Waals surface area contributed by atoms with E-state index in [-0.39, 0.29) is 5.92 Å². The predicted octanol–water partition coefficient (Wildman–Crippen LogP) is 3.30. The molecule has 0 saturated heterocycles. The van der Waals surface area contributed by atoms with Gasteiger partial charge in [0.25, 0.3) is 0 Å². The number of hydrogen-bond acceptors (Lipinski definition) is 2. The Morgan fingerprint density at radius 2 is 1.95 bits per heavy atom. The molecule has 0 bridgehead atoms. The van der Waals surface area contributed by atoms with Crippen LogP contribution in [-0.4, -0.2) is 12.3 Å². The molecule has 0 amide bonds. The highest BCUT2D eigenvalue weighted by molar-refractivity contribution is 5.88. The largest absolute Gasteiger partial charge is 0.312 e. The van der Waals surface area contributed by atoms with Gasteiger partial charge in [-0.15, -0.1) is 0 Å². The number of fused-ring (bicyclic) bond motifs is 1. The molecule has 3 rings (SSSR count). The standard InChI is InChI=1S/C19H21NO/c1-13-7-8-15(9-14(13)2)10-19(21)18-12-20-11-16-5-3-4-6-17(16)18/h3-9,18,20H,10-12H2,1-2H3. The lowest BCUT2D eigenvalue weighted by atomic mass is 9.85. The zero-order valence-corrected chi connectivity index (χ0v) is 12.6. The summed E-state index contributed by atoms with van der Waals surface area (Å²) in [6.45, 7) is 5.81. The van der Waals surface area contributed by atoms with Crippen molar-refractivity contribution in [2.45, 2.75) is 32.7 Å². The minimum Gasteiger partial charge on any atom is -0.312 e. The maximum atomic E-state index is 12.7. The molecule has 0 aliphatic carbocycles. The van der Waals surface area contributed by atoms with Gasteiger partial charge in [-0.2, -0.15) is 0 Å². The third kappa shape index (κ3) is 2.91. The Bertz CT molecular complexity index is 675. The van der Waals surface area contributed by atoms with Crippen molar-refractivity contribution >= 4 is 5.78 Å². The number of nitrogens with one attached hydrogen (secondary N) is 1. The summed E-state index contributed by atoms with van der Waals surface area (Å²) in [5, 5.41) is 3.36. The summed E-state index contributed by atoms with van der Waals surface area (Å²) in [4.78, 5) is 12.7. The van der Waals surface area contributed by atoms with Crippen LogP contribution in [0.5, 0.6) is 0 Å². The van der Waals surface area contributed by atoms with Crippen LogP contribution in [0.3, 0.4) is 0 Å². The molecule has 21 heavy (non-hydrogen) atoms. The summed E-state index contributed by atoms with van der Waals surface area (Å²) in [5.74, 6) is 0.287. The predicted molar refractivity (Wildman–Crippen MR) is 85.5 cm³/mol. The van der Waals surface area contributed by atoms with Gasteiger partial charge in [-0.3, -0.25) is 4.79 Å². The molecule has 1 N–H and O–H groups in total. The van der Waals surface area contributed by atoms with Crippen molar-refractivity contribution in [3.8, 4) is 0 Å². The van der Waals surface area contributed by atoms with Crippen LogP contribution in [0, 0.1) is 13.8 Å². The second-order valence-electron chi connectivity index (χ2n) is 5.94. The first-order chi connectivity index (χ1) is 10.1. The molecule has 0 radical (unpaired) electrons. The lowest BCUT2D eigenvalue weighted by Crippen LogP contribution is -2.33. The van der Waals surface area contributed by atoms with E-state index in [0.29, 0.717) is 12.2 Å². The van der Waals surface area contributed by atoms with Gasteiger partial charge in [0.15, 0.2) is 0 Å². The Morgan fingerprint density at radius 3 is 2.76 bits per heavy atom. The molecule has 0 fully saturated rings. The Morgan fingerprint density at radius 1 is 1.14 bits per heavy atom. The van der Waals surface area contributed by atoms with Gasteiger partial charge in [-0.05, 0) is 41.7 Å². The summed E-state index contributed by atoms with van der Waals surface area (Å²) in [6, 6.07) is 14.6. The van der Waals surface area contributed by atoms with E-state index in [1.807, 2.05) is 12.1 Å². The molecule has 1 aliphatic rings. The van der Waals surface area contributed by atoms with Crippen molar-refractivity contribution in [3.05, 3.63) is 70.3 Å². The second kappa shape index (κ2) is 5.82. The van der Waals surface area contributed by atoms with Crippen LogP contribution < -0.4 is 5.32 Å². The van der Waals surface area contributed by atoms with E-state index < -0.39 is 0 Å². The van der Waals surface area contributed by atoms with Gasteiger partial charge in [0.2, 0.25) is 0 Å². The van der Waals surface area contributed by atoms with E-state index in [9.17, 15) is 4.79 Å². The van der Waals surface area contributed by atoms with Crippen LogP contribution in [0.15, 0.2) is 42.5 Å². The number of carbonyl (C=O) groups excluding carboxylic acids is 1. The minimum absolute atomic E-state index is 0.0171. The Balaban J connectivity index is 1.81. The number of aryl methyl sites for hydroxylation is 2. The van der Waals surface area contributed by atoms with Crippen molar-refractivity contribution < 1.29 is 4.79 Å². The summed E-state index contributed by atoms with van der Waals surface area (Å²) >= 11 is 0. The molecule has 1 atom stereocenters. The van der Waals surface area contributed by atoms with E-state index in [1.54, 1.807) is 0 Å². The van der Waals surface area contributed by atoms with Crippen LogP contribution in [-0.2, 0) is 17.8 Å². The van der Waals surface area contributed by atoms with Crippen molar-refractivity contribution in [1.82, 2.24) is 5.32 Å². The van der Waals surface area contributed by atoms with Gasteiger partial charge in [0, 0.05) is 19.5 Å². The molecule has 2 aromatic carbocycles. The van der Waals surface area contributed by atoms with Gasteiger partial charge >= 0.3 is 0 Å². The second-order valence-corrected chi connectivity index (χ2v) is 5.94. The first-order valence-corrected chi connectivity index (χ1v) is 7.52. The van der Waals surface area contributed by atoms with E-state index in [0.717, 1.165) is 18.7 Å². The fraction of sp³-hybridized carbons (Fsp3) is 0.316. The summed E-state index contributed by atoms with van der Waals surface area (Å²) in [6.07, 6.45) is 0.516. The molecular formula is C19H21NO. The van der Waals surface area contributed by atoms with Gasteiger partial charge in [0.1, 0.15) is 5.78 Å². The Hall–Kier alpha value is -1.93. The zero-order chi connectivity index (χ0) is 14.8. The van der Waals surface area contributed by atoms with Crippen molar-refractivity contribution in [2.24, 2.45) is 0 Å². The lowest BCUT2D eigenvalue weighted by Gasteiger charge is -2.25. The van der Waals surface area contributed by atoms with Gasteiger partial charge in [0.05, 0.1) is 5.92 Å². The summed E-state index contributed by atoms with van der Waals surface area (Å²) in [7, 11) is 0. The normalized spacial score (nSPS) is 17.3. The molecule has 1 aliphatic heterocycles. The molecule has 0 saturated carbocycles. The molecule has 2 nitrogen and oxygen atoms in total. The van der Waals surface area contributed by atoms with Gasteiger partial charge in [-0.1, -0.05) is 42.5 Å². The number of hydrogen-bond donors (Lipinski definition) is 1. The average molecular weight is 279 g/mol. The molecular weight excluding hydrogens is 258 g/mol. The Kier molecular flexibility index (Phi) is 3.89. The highest BCUT2D eigenvalue weighted by atomic mass is 16.1. The van der Waals surface area contributed by atoms with E-state index in [2.05, 4.69) is 49.5 Å². The number of carbonyl (C=O) groups is 1. The zero-order valence-electron chi connectivity index (χ0n) is 12.6. The first-order valence-electron chi connectivity index (χ1n) is 7.52.